The van der Waals surface area contributed by atoms with Crippen LogP contribution in [0.25, 0.3) is 0 Å². The normalized spacial score (nSPS) is 13.9. The van der Waals surface area contributed by atoms with Gasteiger partial charge in [0.2, 0.25) is 0 Å². The Labute approximate surface area is 136 Å². The number of halogens is 1. The van der Waals surface area contributed by atoms with Crippen molar-refractivity contribution >= 4 is 11.6 Å². The first-order chi connectivity index (χ1) is 10.5. The van der Waals surface area contributed by atoms with E-state index in [1.807, 2.05) is 44.3 Å². The van der Waals surface area contributed by atoms with Crippen LogP contribution >= 0.6 is 11.6 Å². The molecule has 1 heterocycles. The average molecular weight is 320 g/mol. The van der Waals surface area contributed by atoms with Gasteiger partial charge in [0.05, 0.1) is 6.10 Å². The topological polar surface area (TPSA) is 47.0 Å². The summed E-state index contributed by atoms with van der Waals surface area (Å²) in [5, 5.41) is 4.19. The summed E-state index contributed by atoms with van der Waals surface area (Å²) in [6, 6.07) is 7.89. The maximum Gasteiger partial charge on any atom is 0.125 e. The Morgan fingerprint density at radius 1 is 1.23 bits per heavy atom. The summed E-state index contributed by atoms with van der Waals surface area (Å²) in [6.07, 6.45) is 1.79. The van der Waals surface area contributed by atoms with Crippen LogP contribution in [0.5, 0.6) is 0 Å². The van der Waals surface area contributed by atoms with Crippen molar-refractivity contribution in [2.24, 2.45) is 0 Å². The molecule has 0 fully saturated rings. The zero-order chi connectivity index (χ0) is 16.1. The van der Waals surface area contributed by atoms with Crippen molar-refractivity contribution in [2.45, 2.75) is 32.9 Å². The molecule has 0 unspecified atom stereocenters. The van der Waals surface area contributed by atoms with E-state index in [9.17, 15) is 0 Å². The third kappa shape index (κ3) is 4.03. The molecule has 2 aromatic rings. The van der Waals surface area contributed by atoms with Gasteiger partial charge in [-0.05, 0) is 26.8 Å². The van der Waals surface area contributed by atoms with Crippen molar-refractivity contribution in [1.29, 1.82) is 0 Å². The van der Waals surface area contributed by atoms with E-state index >= 15 is 0 Å². The molecule has 0 bridgehead atoms. The number of benzene rings is 1. The summed E-state index contributed by atoms with van der Waals surface area (Å²) in [5.74, 6) is 0.791. The van der Waals surface area contributed by atoms with E-state index < -0.39 is 0 Å². The molecule has 22 heavy (non-hydrogen) atoms. The summed E-state index contributed by atoms with van der Waals surface area (Å²) in [5.41, 5.74) is 3.09. The Balaban J connectivity index is 2.05. The molecule has 0 spiro atoms. The fraction of sp³-hybridized carbons (Fsp3) is 0.412. The van der Waals surface area contributed by atoms with Crippen molar-refractivity contribution < 1.29 is 4.74 Å². The molecule has 0 amide bonds. The van der Waals surface area contributed by atoms with E-state index in [4.69, 9.17) is 16.3 Å². The van der Waals surface area contributed by atoms with Gasteiger partial charge >= 0.3 is 0 Å². The van der Waals surface area contributed by atoms with Crippen molar-refractivity contribution in [3.8, 4) is 0 Å². The zero-order valence-electron chi connectivity index (χ0n) is 13.4. The molecule has 1 aromatic carbocycles. The van der Waals surface area contributed by atoms with Gasteiger partial charge in [-0.25, -0.2) is 9.97 Å². The van der Waals surface area contributed by atoms with E-state index in [2.05, 4.69) is 22.2 Å². The number of hydrogen-bond donors (Lipinski definition) is 1. The van der Waals surface area contributed by atoms with Crippen LogP contribution in [0.4, 0.5) is 0 Å². The molecular weight excluding hydrogens is 298 g/mol. The van der Waals surface area contributed by atoms with Crippen LogP contribution in [0.15, 0.2) is 30.5 Å². The molecule has 0 saturated carbocycles. The SMILES string of the molecule is CO[C@@H](CN[C@H](C)c1cnc(C)nc1C)c1ccccc1Cl. The minimum atomic E-state index is -0.0946. The van der Waals surface area contributed by atoms with Crippen LogP contribution in [-0.2, 0) is 4.74 Å². The fourth-order valence-electron chi connectivity index (χ4n) is 2.47. The molecule has 118 valence electrons. The lowest BCUT2D eigenvalue weighted by molar-refractivity contribution is 0.0999. The first-order valence-corrected chi connectivity index (χ1v) is 7.71. The van der Waals surface area contributed by atoms with E-state index in [0.717, 1.165) is 27.7 Å². The van der Waals surface area contributed by atoms with Crippen molar-refractivity contribution in [3.63, 3.8) is 0 Å². The van der Waals surface area contributed by atoms with Crippen molar-refractivity contribution in [3.05, 3.63) is 58.1 Å². The Kier molecular flexibility index (Phi) is 5.89. The number of methoxy groups -OCH3 is 1. The fourth-order valence-corrected chi connectivity index (χ4v) is 2.73. The minimum absolute atomic E-state index is 0.0946. The van der Waals surface area contributed by atoms with E-state index in [-0.39, 0.29) is 12.1 Å². The standard InChI is InChI=1S/C17H22ClN3O/c1-11(15-9-20-13(3)21-12(15)2)19-10-17(22-4)14-7-5-6-8-16(14)18/h5-9,11,17,19H,10H2,1-4H3/t11-,17+/m1/s1. The second-order valence-electron chi connectivity index (χ2n) is 5.33. The summed E-state index contributed by atoms with van der Waals surface area (Å²) in [6.45, 7) is 6.66. The molecular formula is C17H22ClN3O. The number of aromatic nitrogens is 2. The molecule has 0 aliphatic rings. The highest BCUT2D eigenvalue weighted by molar-refractivity contribution is 6.31. The lowest BCUT2D eigenvalue weighted by Gasteiger charge is -2.21. The van der Waals surface area contributed by atoms with E-state index in [0.29, 0.717) is 6.54 Å². The zero-order valence-corrected chi connectivity index (χ0v) is 14.2. The third-order valence-electron chi connectivity index (χ3n) is 3.75. The number of rotatable bonds is 6. The van der Waals surface area contributed by atoms with Gasteiger partial charge in [-0.1, -0.05) is 29.8 Å². The van der Waals surface area contributed by atoms with Gasteiger partial charge in [-0.2, -0.15) is 0 Å². The highest BCUT2D eigenvalue weighted by Crippen LogP contribution is 2.25. The number of nitrogens with zero attached hydrogens (tertiary/aromatic N) is 2. The van der Waals surface area contributed by atoms with Crippen LogP contribution in [0.1, 0.15) is 41.7 Å². The number of ether oxygens (including phenoxy) is 1. The Morgan fingerprint density at radius 3 is 2.59 bits per heavy atom. The van der Waals surface area contributed by atoms with Crippen LogP contribution < -0.4 is 5.32 Å². The summed E-state index contributed by atoms with van der Waals surface area (Å²) < 4.78 is 5.57. The molecule has 2 atom stereocenters. The molecule has 0 aliphatic carbocycles. The summed E-state index contributed by atoms with van der Waals surface area (Å²) in [4.78, 5) is 8.69. The lowest BCUT2D eigenvalue weighted by Crippen LogP contribution is -2.26. The largest absolute Gasteiger partial charge is 0.375 e. The third-order valence-corrected chi connectivity index (χ3v) is 4.09. The number of aryl methyl sites for hydroxylation is 2. The minimum Gasteiger partial charge on any atom is -0.375 e. The van der Waals surface area contributed by atoms with Gasteiger partial charge in [0, 0.05) is 47.7 Å². The quantitative estimate of drug-likeness (QED) is 0.880. The molecule has 1 aromatic heterocycles. The Morgan fingerprint density at radius 2 is 1.95 bits per heavy atom. The van der Waals surface area contributed by atoms with Crippen LogP contribution in [0.2, 0.25) is 5.02 Å². The molecule has 5 heteroatoms. The highest BCUT2D eigenvalue weighted by Gasteiger charge is 2.16. The molecule has 1 N–H and O–H groups in total. The van der Waals surface area contributed by atoms with Crippen molar-refractivity contribution in [1.82, 2.24) is 15.3 Å². The van der Waals surface area contributed by atoms with Crippen LogP contribution in [-0.4, -0.2) is 23.6 Å². The van der Waals surface area contributed by atoms with Crippen LogP contribution in [0, 0.1) is 13.8 Å². The maximum absolute atomic E-state index is 6.24. The molecule has 4 nitrogen and oxygen atoms in total. The summed E-state index contributed by atoms with van der Waals surface area (Å²) >= 11 is 6.24. The predicted octanol–water partition coefficient (Wildman–Crippen LogP) is 3.79. The Bertz CT molecular complexity index is 633. The lowest BCUT2D eigenvalue weighted by atomic mass is 10.1. The predicted molar refractivity (Wildman–Crippen MR) is 89.1 cm³/mol. The monoisotopic (exact) mass is 319 g/mol. The smallest absolute Gasteiger partial charge is 0.125 e. The highest BCUT2D eigenvalue weighted by atomic mass is 35.5. The van der Waals surface area contributed by atoms with Gasteiger partial charge in [-0.3, -0.25) is 0 Å². The summed E-state index contributed by atoms with van der Waals surface area (Å²) in [7, 11) is 1.70. The maximum atomic E-state index is 6.24. The second kappa shape index (κ2) is 7.68. The molecule has 0 radical (unpaired) electrons. The van der Waals surface area contributed by atoms with Gasteiger partial charge in [0.1, 0.15) is 5.82 Å². The number of hydrogen-bond acceptors (Lipinski definition) is 4. The van der Waals surface area contributed by atoms with Gasteiger partial charge in [0.25, 0.3) is 0 Å². The van der Waals surface area contributed by atoms with Gasteiger partial charge in [0.15, 0.2) is 0 Å². The Hall–Kier alpha value is -1.49. The van der Waals surface area contributed by atoms with Gasteiger partial charge in [-0.15, -0.1) is 0 Å². The second-order valence-corrected chi connectivity index (χ2v) is 5.74. The van der Waals surface area contributed by atoms with Crippen LogP contribution in [0.3, 0.4) is 0 Å². The van der Waals surface area contributed by atoms with E-state index in [1.54, 1.807) is 7.11 Å². The first-order valence-electron chi connectivity index (χ1n) is 7.33. The van der Waals surface area contributed by atoms with Crippen molar-refractivity contribution in [2.75, 3.05) is 13.7 Å². The van der Waals surface area contributed by atoms with Gasteiger partial charge < -0.3 is 10.1 Å². The first kappa shape index (κ1) is 16.9. The molecule has 2 rings (SSSR count). The molecule has 0 saturated heterocycles. The van der Waals surface area contributed by atoms with E-state index in [1.165, 1.54) is 0 Å². The number of nitrogens with one attached hydrogen (secondary N) is 1. The average Bonchev–Trinajstić information content (AvgIpc) is 2.49. The molecule has 0 aliphatic heterocycles.